The number of rotatable bonds is 8. The quantitative estimate of drug-likeness (QED) is 0.227. The summed E-state index contributed by atoms with van der Waals surface area (Å²) in [4.78, 5) is 19.2. The molecule has 1 unspecified atom stereocenters. The van der Waals surface area contributed by atoms with Gasteiger partial charge in [-0.05, 0) is 50.7 Å². The first-order valence-electron chi connectivity index (χ1n) is 11.7. The molecule has 1 aromatic rings. The van der Waals surface area contributed by atoms with E-state index >= 15 is 0 Å². The summed E-state index contributed by atoms with van der Waals surface area (Å²) in [6, 6.07) is 8.44. The number of guanidine groups is 1. The minimum atomic E-state index is -0.0970. The number of likely N-dealkylation sites (tertiary alicyclic amines) is 1. The maximum absolute atomic E-state index is 12.2. The molecule has 1 N–H and O–H groups in total. The van der Waals surface area contributed by atoms with E-state index in [2.05, 4.69) is 41.4 Å². The van der Waals surface area contributed by atoms with E-state index in [-0.39, 0.29) is 35.9 Å². The van der Waals surface area contributed by atoms with Crippen LogP contribution in [-0.2, 0) is 32.2 Å². The zero-order valence-corrected chi connectivity index (χ0v) is 21.7. The molecular weight excluding hydrogens is 521 g/mol. The smallest absolute Gasteiger partial charge is 0.310 e. The molecule has 0 aliphatic carbocycles. The average Bonchev–Trinajstić information content (AvgIpc) is 2.81. The van der Waals surface area contributed by atoms with Crippen molar-refractivity contribution in [1.29, 1.82) is 0 Å². The number of nitrogens with one attached hydrogen (secondary N) is 1. The highest BCUT2D eigenvalue weighted by Crippen LogP contribution is 2.19. The Hall–Kier alpha value is -1.39. The number of halogens is 1. The Morgan fingerprint density at radius 1 is 1.22 bits per heavy atom. The van der Waals surface area contributed by atoms with Crippen LogP contribution in [0.5, 0.6) is 0 Å². The van der Waals surface area contributed by atoms with Crippen LogP contribution in [0.25, 0.3) is 0 Å². The van der Waals surface area contributed by atoms with Gasteiger partial charge in [0.05, 0.1) is 31.8 Å². The summed E-state index contributed by atoms with van der Waals surface area (Å²) in [5.74, 6) is 0.684. The number of hydrogen-bond acceptors (Lipinski definition) is 5. The van der Waals surface area contributed by atoms with E-state index in [0.29, 0.717) is 32.4 Å². The van der Waals surface area contributed by atoms with Crippen LogP contribution in [-0.4, -0.2) is 62.4 Å². The molecule has 1 atom stereocenters. The molecule has 2 aliphatic rings. The van der Waals surface area contributed by atoms with Crippen LogP contribution in [0.1, 0.15) is 50.7 Å². The largest absolute Gasteiger partial charge is 0.466 e. The van der Waals surface area contributed by atoms with Crippen molar-refractivity contribution in [3.05, 3.63) is 35.4 Å². The molecule has 180 valence electrons. The molecular formula is C24H38IN3O4. The van der Waals surface area contributed by atoms with Crippen molar-refractivity contribution in [2.45, 2.75) is 58.8 Å². The molecule has 0 saturated carbocycles. The summed E-state index contributed by atoms with van der Waals surface area (Å²) in [5, 5.41) is 3.38. The summed E-state index contributed by atoms with van der Waals surface area (Å²) in [6.07, 6.45) is 4.08. The van der Waals surface area contributed by atoms with Gasteiger partial charge in [0.15, 0.2) is 5.96 Å². The van der Waals surface area contributed by atoms with Gasteiger partial charge in [0.1, 0.15) is 0 Å². The lowest BCUT2D eigenvalue weighted by Crippen LogP contribution is -2.48. The van der Waals surface area contributed by atoms with Gasteiger partial charge in [0.2, 0.25) is 0 Å². The fourth-order valence-corrected chi connectivity index (χ4v) is 4.09. The third kappa shape index (κ3) is 8.51. The van der Waals surface area contributed by atoms with Crippen LogP contribution in [0.15, 0.2) is 29.3 Å². The van der Waals surface area contributed by atoms with Gasteiger partial charge in [0, 0.05) is 32.8 Å². The SMILES string of the molecule is CCNC(=NCc1cccc(COC2CCOCC2)c1)N1CCCC(C(=O)OCC)C1.I. The Morgan fingerprint density at radius 3 is 2.75 bits per heavy atom. The first-order chi connectivity index (χ1) is 15.2. The molecule has 2 heterocycles. The molecule has 2 saturated heterocycles. The zero-order chi connectivity index (χ0) is 21.9. The molecule has 32 heavy (non-hydrogen) atoms. The standard InChI is InChI=1S/C24H37N3O4.HI/c1-3-25-24(27-12-6-9-21(17-27)23(28)30-4-2)26-16-19-7-5-8-20(15-19)18-31-22-10-13-29-14-11-22;/h5,7-8,15,21-22H,3-4,6,9-14,16-18H2,1-2H3,(H,25,26);1H. The van der Waals surface area contributed by atoms with E-state index in [0.717, 1.165) is 63.5 Å². The van der Waals surface area contributed by atoms with Crippen molar-refractivity contribution >= 4 is 35.9 Å². The fraction of sp³-hybridized carbons (Fsp3) is 0.667. The predicted molar refractivity (Wildman–Crippen MR) is 136 cm³/mol. The second-order valence-corrected chi connectivity index (χ2v) is 8.15. The van der Waals surface area contributed by atoms with Crippen molar-refractivity contribution in [3.8, 4) is 0 Å². The van der Waals surface area contributed by atoms with Gasteiger partial charge >= 0.3 is 5.97 Å². The van der Waals surface area contributed by atoms with Crippen LogP contribution < -0.4 is 5.32 Å². The number of carbonyl (C=O) groups excluding carboxylic acids is 1. The van der Waals surface area contributed by atoms with E-state index in [1.165, 1.54) is 5.56 Å². The van der Waals surface area contributed by atoms with Crippen LogP contribution in [0.4, 0.5) is 0 Å². The lowest BCUT2D eigenvalue weighted by molar-refractivity contribution is -0.149. The molecule has 3 rings (SSSR count). The summed E-state index contributed by atoms with van der Waals surface area (Å²) >= 11 is 0. The maximum atomic E-state index is 12.2. The van der Waals surface area contributed by atoms with E-state index in [9.17, 15) is 4.79 Å². The second-order valence-electron chi connectivity index (χ2n) is 8.15. The Balaban J connectivity index is 0.00000363. The van der Waals surface area contributed by atoms with Gasteiger partial charge in [-0.2, -0.15) is 0 Å². The minimum absolute atomic E-state index is 0. The third-order valence-electron chi connectivity index (χ3n) is 5.73. The first-order valence-corrected chi connectivity index (χ1v) is 11.7. The molecule has 0 amide bonds. The van der Waals surface area contributed by atoms with Gasteiger partial charge in [-0.3, -0.25) is 4.79 Å². The Labute approximate surface area is 209 Å². The molecule has 2 fully saturated rings. The van der Waals surface area contributed by atoms with Crippen LogP contribution in [0, 0.1) is 5.92 Å². The number of ether oxygens (including phenoxy) is 3. The van der Waals surface area contributed by atoms with Gasteiger partial charge < -0.3 is 24.4 Å². The molecule has 1 aromatic carbocycles. The number of nitrogens with zero attached hydrogens (tertiary/aromatic N) is 2. The van der Waals surface area contributed by atoms with Gasteiger partial charge in [-0.25, -0.2) is 4.99 Å². The van der Waals surface area contributed by atoms with Crippen LogP contribution >= 0.6 is 24.0 Å². The van der Waals surface area contributed by atoms with Crippen molar-refractivity contribution in [2.24, 2.45) is 10.9 Å². The number of piperidine rings is 1. The second kappa shape index (κ2) is 14.7. The Morgan fingerprint density at radius 2 is 2.00 bits per heavy atom. The highest BCUT2D eigenvalue weighted by atomic mass is 127. The number of esters is 1. The van der Waals surface area contributed by atoms with Crippen molar-refractivity contribution in [1.82, 2.24) is 10.2 Å². The molecule has 7 nitrogen and oxygen atoms in total. The summed E-state index contributed by atoms with van der Waals surface area (Å²) in [6.45, 7) is 9.49. The molecule has 0 aromatic heterocycles. The summed E-state index contributed by atoms with van der Waals surface area (Å²) in [5.41, 5.74) is 2.33. The van der Waals surface area contributed by atoms with E-state index < -0.39 is 0 Å². The molecule has 0 radical (unpaired) electrons. The first kappa shape index (κ1) is 26.9. The monoisotopic (exact) mass is 559 g/mol. The molecule has 8 heteroatoms. The lowest BCUT2D eigenvalue weighted by atomic mass is 9.98. The zero-order valence-electron chi connectivity index (χ0n) is 19.4. The van der Waals surface area contributed by atoms with Gasteiger partial charge in [0.25, 0.3) is 0 Å². The fourth-order valence-electron chi connectivity index (χ4n) is 4.09. The highest BCUT2D eigenvalue weighted by Gasteiger charge is 2.28. The minimum Gasteiger partial charge on any atom is -0.466 e. The topological polar surface area (TPSA) is 72.4 Å². The lowest BCUT2D eigenvalue weighted by Gasteiger charge is -2.34. The van der Waals surface area contributed by atoms with Gasteiger partial charge in [-0.1, -0.05) is 24.3 Å². The molecule has 0 bridgehead atoms. The number of carbonyl (C=O) groups is 1. The maximum Gasteiger partial charge on any atom is 0.310 e. The van der Waals surface area contributed by atoms with Crippen LogP contribution in [0.3, 0.4) is 0 Å². The van der Waals surface area contributed by atoms with E-state index in [1.54, 1.807) is 0 Å². The average molecular weight is 559 g/mol. The predicted octanol–water partition coefficient (Wildman–Crippen LogP) is 3.74. The van der Waals surface area contributed by atoms with Crippen molar-refractivity contribution < 1.29 is 19.0 Å². The molecule has 2 aliphatic heterocycles. The number of hydrogen-bond donors (Lipinski definition) is 1. The third-order valence-corrected chi connectivity index (χ3v) is 5.73. The normalized spacial score (nSPS) is 19.9. The number of benzene rings is 1. The summed E-state index contributed by atoms with van der Waals surface area (Å²) in [7, 11) is 0. The van der Waals surface area contributed by atoms with Gasteiger partial charge in [-0.15, -0.1) is 24.0 Å². The van der Waals surface area contributed by atoms with E-state index in [1.807, 2.05) is 6.92 Å². The van der Waals surface area contributed by atoms with Crippen molar-refractivity contribution in [2.75, 3.05) is 39.5 Å². The van der Waals surface area contributed by atoms with Crippen LogP contribution in [0.2, 0.25) is 0 Å². The Kier molecular flexibility index (Phi) is 12.3. The molecule has 0 spiro atoms. The highest BCUT2D eigenvalue weighted by molar-refractivity contribution is 14.0. The summed E-state index contributed by atoms with van der Waals surface area (Å²) < 4.78 is 16.7. The number of aliphatic imine (C=N–C) groups is 1. The van der Waals surface area contributed by atoms with E-state index in [4.69, 9.17) is 19.2 Å². The van der Waals surface area contributed by atoms with Crippen molar-refractivity contribution in [3.63, 3.8) is 0 Å². The Bertz CT molecular complexity index is 725.